The fourth-order valence-corrected chi connectivity index (χ4v) is 2.10. The van der Waals surface area contributed by atoms with Crippen LogP contribution in [0.5, 0.6) is 5.75 Å². The molecule has 0 bridgehead atoms. The van der Waals surface area contributed by atoms with Crippen molar-refractivity contribution in [3.05, 3.63) is 48.3 Å². The Kier molecular flexibility index (Phi) is 5.13. The Balaban J connectivity index is 2.18. The minimum Gasteiger partial charge on any atom is -0.491 e. The summed E-state index contributed by atoms with van der Waals surface area (Å²) in [6.45, 7) is 5.49. The van der Waals surface area contributed by atoms with Gasteiger partial charge in [-0.2, -0.15) is 0 Å². The number of pyridine rings is 1. The van der Waals surface area contributed by atoms with Crippen molar-refractivity contribution in [2.24, 2.45) is 0 Å². The van der Waals surface area contributed by atoms with Crippen LogP contribution >= 0.6 is 0 Å². The van der Waals surface area contributed by atoms with Gasteiger partial charge < -0.3 is 9.47 Å². The maximum Gasteiger partial charge on any atom is 0.119 e. The lowest BCUT2D eigenvalue weighted by molar-refractivity contribution is 0.146. The molecule has 0 atom stereocenters. The molecule has 3 nitrogen and oxygen atoms in total. The van der Waals surface area contributed by atoms with E-state index in [2.05, 4.69) is 37.0 Å². The minimum absolute atomic E-state index is 0.406. The van der Waals surface area contributed by atoms with Gasteiger partial charge in [0.15, 0.2) is 0 Å². The molecular formula is C17H21NO2. The van der Waals surface area contributed by atoms with Crippen molar-refractivity contribution in [2.75, 3.05) is 20.3 Å². The summed E-state index contributed by atoms with van der Waals surface area (Å²) in [4.78, 5) is 4.49. The van der Waals surface area contributed by atoms with Crippen molar-refractivity contribution in [1.29, 1.82) is 0 Å². The van der Waals surface area contributed by atoms with Gasteiger partial charge in [0.1, 0.15) is 12.4 Å². The number of nitrogens with zero attached hydrogens (tertiary/aromatic N) is 1. The molecule has 3 heteroatoms. The molecule has 1 aromatic carbocycles. The lowest BCUT2D eigenvalue weighted by Crippen LogP contribution is -2.04. The Bertz CT molecular complexity index is 535. The highest BCUT2D eigenvalue weighted by Crippen LogP contribution is 2.28. The van der Waals surface area contributed by atoms with Crippen LogP contribution in [0.15, 0.2) is 42.6 Å². The number of benzene rings is 1. The van der Waals surface area contributed by atoms with Gasteiger partial charge in [-0.3, -0.25) is 4.98 Å². The van der Waals surface area contributed by atoms with E-state index in [0.717, 1.165) is 11.4 Å². The second-order valence-corrected chi connectivity index (χ2v) is 4.96. The quantitative estimate of drug-likeness (QED) is 0.747. The van der Waals surface area contributed by atoms with E-state index in [-0.39, 0.29) is 0 Å². The van der Waals surface area contributed by atoms with E-state index >= 15 is 0 Å². The van der Waals surface area contributed by atoms with Crippen LogP contribution in [0.1, 0.15) is 25.5 Å². The second-order valence-electron chi connectivity index (χ2n) is 4.96. The van der Waals surface area contributed by atoms with E-state index in [1.54, 1.807) is 7.11 Å². The number of hydrogen-bond donors (Lipinski definition) is 0. The third kappa shape index (κ3) is 3.58. The molecule has 0 saturated carbocycles. The Morgan fingerprint density at radius 3 is 2.45 bits per heavy atom. The van der Waals surface area contributed by atoms with Gasteiger partial charge in [0.2, 0.25) is 0 Å². The normalized spacial score (nSPS) is 10.8. The van der Waals surface area contributed by atoms with Crippen LogP contribution in [0.3, 0.4) is 0 Å². The summed E-state index contributed by atoms with van der Waals surface area (Å²) in [5.41, 5.74) is 3.48. The van der Waals surface area contributed by atoms with Crippen LogP contribution in [0.25, 0.3) is 11.1 Å². The first kappa shape index (κ1) is 14.5. The molecule has 0 aliphatic heterocycles. The molecule has 0 aliphatic rings. The molecule has 0 unspecified atom stereocenters. The van der Waals surface area contributed by atoms with Crippen LogP contribution in [0.2, 0.25) is 0 Å². The Hall–Kier alpha value is -1.87. The largest absolute Gasteiger partial charge is 0.491 e. The molecule has 0 aliphatic carbocycles. The minimum atomic E-state index is 0.406. The van der Waals surface area contributed by atoms with Crippen molar-refractivity contribution >= 4 is 0 Å². The maximum atomic E-state index is 5.57. The van der Waals surface area contributed by atoms with Gasteiger partial charge in [-0.1, -0.05) is 32.0 Å². The third-order valence-corrected chi connectivity index (χ3v) is 3.11. The summed E-state index contributed by atoms with van der Waals surface area (Å²) in [6, 6.07) is 12.2. The monoisotopic (exact) mass is 271 g/mol. The summed E-state index contributed by atoms with van der Waals surface area (Å²) < 4.78 is 10.5. The second kappa shape index (κ2) is 7.06. The molecule has 1 heterocycles. The fraction of sp³-hybridized carbons (Fsp3) is 0.353. The van der Waals surface area contributed by atoms with Gasteiger partial charge >= 0.3 is 0 Å². The van der Waals surface area contributed by atoms with Crippen LogP contribution in [-0.4, -0.2) is 25.3 Å². The molecule has 0 spiro atoms. The summed E-state index contributed by atoms with van der Waals surface area (Å²) in [5.74, 6) is 1.27. The Morgan fingerprint density at radius 2 is 1.80 bits per heavy atom. The van der Waals surface area contributed by atoms with E-state index < -0.39 is 0 Å². The number of rotatable bonds is 6. The van der Waals surface area contributed by atoms with Gasteiger partial charge in [-0.15, -0.1) is 0 Å². The van der Waals surface area contributed by atoms with Gasteiger partial charge in [0, 0.05) is 18.9 Å². The molecule has 0 saturated heterocycles. The molecule has 106 valence electrons. The molecule has 2 rings (SSSR count). The van der Waals surface area contributed by atoms with Crippen molar-refractivity contribution in [3.63, 3.8) is 0 Å². The number of aromatic nitrogens is 1. The Morgan fingerprint density at radius 1 is 1.05 bits per heavy atom. The van der Waals surface area contributed by atoms with Crippen molar-refractivity contribution in [2.45, 2.75) is 19.8 Å². The highest BCUT2D eigenvalue weighted by molar-refractivity contribution is 5.67. The average Bonchev–Trinajstić information content (AvgIpc) is 2.48. The third-order valence-electron chi connectivity index (χ3n) is 3.11. The van der Waals surface area contributed by atoms with Crippen LogP contribution in [-0.2, 0) is 4.74 Å². The lowest BCUT2D eigenvalue weighted by atomic mass is 9.98. The van der Waals surface area contributed by atoms with Crippen LogP contribution in [0.4, 0.5) is 0 Å². The molecule has 0 amide bonds. The zero-order valence-corrected chi connectivity index (χ0v) is 12.3. The average molecular weight is 271 g/mol. The molecule has 2 aromatic rings. The topological polar surface area (TPSA) is 31.4 Å². The summed E-state index contributed by atoms with van der Waals surface area (Å²) >= 11 is 0. The predicted octanol–water partition coefficient (Wildman–Crippen LogP) is 3.90. The summed E-state index contributed by atoms with van der Waals surface area (Å²) in [7, 11) is 1.67. The number of ether oxygens (including phenoxy) is 2. The fourth-order valence-electron chi connectivity index (χ4n) is 2.10. The first-order valence-electron chi connectivity index (χ1n) is 6.89. The molecule has 0 fully saturated rings. The standard InChI is InChI=1S/C17H21NO2/c1-13(2)17-16(5-4-10-18-17)14-6-8-15(9-7-14)20-12-11-19-3/h4-10,13H,11-12H2,1-3H3. The van der Waals surface area contributed by atoms with E-state index in [1.807, 2.05) is 24.4 Å². The van der Waals surface area contributed by atoms with Gasteiger partial charge in [-0.25, -0.2) is 0 Å². The van der Waals surface area contributed by atoms with Crippen LogP contribution < -0.4 is 4.74 Å². The molecule has 20 heavy (non-hydrogen) atoms. The predicted molar refractivity (Wildman–Crippen MR) is 81.1 cm³/mol. The first-order valence-corrected chi connectivity index (χ1v) is 6.89. The van der Waals surface area contributed by atoms with Crippen molar-refractivity contribution in [3.8, 4) is 16.9 Å². The summed E-state index contributed by atoms with van der Waals surface area (Å²) in [6.07, 6.45) is 1.85. The van der Waals surface area contributed by atoms with E-state index in [9.17, 15) is 0 Å². The molecule has 0 radical (unpaired) electrons. The summed E-state index contributed by atoms with van der Waals surface area (Å²) in [5, 5.41) is 0. The molecule has 0 N–H and O–H groups in total. The first-order chi connectivity index (χ1) is 9.72. The van der Waals surface area contributed by atoms with Crippen molar-refractivity contribution < 1.29 is 9.47 Å². The maximum absolute atomic E-state index is 5.57. The zero-order valence-electron chi connectivity index (χ0n) is 12.3. The highest BCUT2D eigenvalue weighted by Gasteiger charge is 2.09. The van der Waals surface area contributed by atoms with Crippen molar-refractivity contribution in [1.82, 2.24) is 4.98 Å². The molecular weight excluding hydrogens is 250 g/mol. The SMILES string of the molecule is COCCOc1ccc(-c2cccnc2C(C)C)cc1. The van der Waals surface area contributed by atoms with E-state index in [1.165, 1.54) is 11.1 Å². The van der Waals surface area contributed by atoms with Gasteiger partial charge in [-0.05, 0) is 29.7 Å². The van der Waals surface area contributed by atoms with E-state index in [4.69, 9.17) is 9.47 Å². The van der Waals surface area contributed by atoms with Gasteiger partial charge in [0.25, 0.3) is 0 Å². The highest BCUT2D eigenvalue weighted by atomic mass is 16.5. The van der Waals surface area contributed by atoms with Crippen LogP contribution in [0, 0.1) is 0 Å². The number of hydrogen-bond acceptors (Lipinski definition) is 3. The smallest absolute Gasteiger partial charge is 0.119 e. The van der Waals surface area contributed by atoms with E-state index in [0.29, 0.717) is 19.1 Å². The lowest BCUT2D eigenvalue weighted by Gasteiger charge is -2.12. The number of methoxy groups -OCH3 is 1. The molecule has 1 aromatic heterocycles. The zero-order chi connectivity index (χ0) is 14.4. The van der Waals surface area contributed by atoms with Gasteiger partial charge in [0.05, 0.1) is 12.3 Å². The Labute approximate surface area is 120 Å².